The summed E-state index contributed by atoms with van der Waals surface area (Å²) in [4.78, 5) is 11.2. The summed E-state index contributed by atoms with van der Waals surface area (Å²) in [6, 6.07) is 0. The second-order valence-corrected chi connectivity index (χ2v) is 3.70. The van der Waals surface area contributed by atoms with Crippen molar-refractivity contribution in [1.82, 2.24) is 0 Å². The summed E-state index contributed by atoms with van der Waals surface area (Å²) >= 11 is 0. The molecule has 9 heteroatoms. The molecule has 106 valence electrons. The van der Waals surface area contributed by atoms with Crippen molar-refractivity contribution < 1.29 is 46.3 Å². The van der Waals surface area contributed by atoms with Gasteiger partial charge in [0.05, 0.1) is 13.2 Å². The molecule has 18 heavy (non-hydrogen) atoms. The molecule has 1 unspecified atom stereocenters. The van der Waals surface area contributed by atoms with E-state index in [4.69, 9.17) is 21.4 Å². The van der Waals surface area contributed by atoms with Crippen LogP contribution in [0.25, 0.3) is 0 Å². The van der Waals surface area contributed by atoms with Gasteiger partial charge in [0.15, 0.2) is 6.10 Å². The van der Waals surface area contributed by atoms with Crippen molar-refractivity contribution in [3.05, 3.63) is 0 Å². The van der Waals surface area contributed by atoms with Crippen LogP contribution in [0.3, 0.4) is 0 Å². The number of rotatable bonds is 4. The minimum absolute atomic E-state index is 0.800. The predicted octanol–water partition coefficient (Wildman–Crippen LogP) is -4.32. The molecule has 1 heterocycles. The van der Waals surface area contributed by atoms with Gasteiger partial charge in [0.2, 0.25) is 6.27 Å². The third-order valence-electron chi connectivity index (χ3n) is 2.39. The van der Waals surface area contributed by atoms with E-state index in [-0.39, 0.29) is 0 Å². The van der Waals surface area contributed by atoms with Crippen LogP contribution in [0.2, 0.25) is 0 Å². The van der Waals surface area contributed by atoms with Gasteiger partial charge in [-0.2, -0.15) is 0 Å². The van der Waals surface area contributed by atoms with Gasteiger partial charge >= 0.3 is 5.97 Å². The summed E-state index contributed by atoms with van der Waals surface area (Å²) in [5, 5.41) is 54.9. The summed E-state index contributed by atoms with van der Waals surface area (Å²) in [5.41, 5.74) is 0. The van der Waals surface area contributed by atoms with Crippen molar-refractivity contribution in [3.63, 3.8) is 0 Å². The molecule has 0 aliphatic carbocycles. The second-order valence-electron chi connectivity index (χ2n) is 3.70. The first-order valence-corrected chi connectivity index (χ1v) is 5.11. The molecule has 9 nitrogen and oxygen atoms in total. The molecule has 0 aromatic rings. The molecule has 6 N–H and O–H groups in total. The van der Waals surface area contributed by atoms with Gasteiger partial charge < -0.3 is 40.1 Å². The van der Waals surface area contributed by atoms with E-state index in [1.807, 2.05) is 0 Å². The van der Waals surface area contributed by atoms with E-state index < -0.39 is 56.0 Å². The lowest BCUT2D eigenvalue weighted by Gasteiger charge is -2.39. The van der Waals surface area contributed by atoms with Crippen LogP contribution >= 0.6 is 0 Å². The van der Waals surface area contributed by atoms with Crippen molar-refractivity contribution in [2.24, 2.45) is 0 Å². The SMILES string of the molecule is [2H][C@]1(OC(=O)C(O)CO)O[C@H](CO)[C@@H](O)[C@H](O)[C@@H]1O. The Morgan fingerprint density at radius 1 is 1.28 bits per heavy atom. The summed E-state index contributed by atoms with van der Waals surface area (Å²) in [6.45, 7) is -1.77. The van der Waals surface area contributed by atoms with E-state index >= 15 is 0 Å². The molecule has 0 bridgehead atoms. The maximum Gasteiger partial charge on any atom is 0.339 e. The van der Waals surface area contributed by atoms with Crippen LogP contribution in [0.15, 0.2) is 0 Å². The fraction of sp³-hybridized carbons (Fsp3) is 0.889. The van der Waals surface area contributed by atoms with Crippen molar-refractivity contribution in [2.75, 3.05) is 13.2 Å². The Morgan fingerprint density at radius 2 is 1.89 bits per heavy atom. The van der Waals surface area contributed by atoms with E-state index in [1.165, 1.54) is 0 Å². The highest BCUT2D eigenvalue weighted by Crippen LogP contribution is 2.22. The van der Waals surface area contributed by atoms with Crippen molar-refractivity contribution >= 4 is 5.97 Å². The lowest BCUT2D eigenvalue weighted by molar-refractivity contribution is -0.294. The van der Waals surface area contributed by atoms with Crippen molar-refractivity contribution in [2.45, 2.75) is 36.8 Å². The molecule has 1 fully saturated rings. The van der Waals surface area contributed by atoms with E-state index in [1.54, 1.807) is 0 Å². The standard InChI is InChI=1S/C9H16O9/c10-1-3(12)8(16)18-9-7(15)6(14)5(13)4(2-11)17-9/h3-7,9-15H,1-2H2/t3?,4-,5-,6+,7+,9-/m1/s1/i9D. The Kier molecular flexibility index (Phi) is 4.83. The van der Waals surface area contributed by atoms with Crippen LogP contribution in [0.1, 0.15) is 1.37 Å². The van der Waals surface area contributed by atoms with Gasteiger partial charge in [0.1, 0.15) is 25.8 Å². The molecule has 0 saturated carbocycles. The highest BCUT2D eigenvalue weighted by atomic mass is 16.7. The van der Waals surface area contributed by atoms with Crippen molar-refractivity contribution in [3.8, 4) is 0 Å². The van der Waals surface area contributed by atoms with Crippen LogP contribution in [-0.4, -0.2) is 86.6 Å². The molecule has 1 aliphatic heterocycles. The smallest absolute Gasteiger partial charge is 0.339 e. The first kappa shape index (κ1) is 13.6. The monoisotopic (exact) mass is 269 g/mol. The molecular weight excluding hydrogens is 252 g/mol. The van der Waals surface area contributed by atoms with E-state index in [0.29, 0.717) is 0 Å². The number of esters is 1. The third kappa shape index (κ3) is 3.14. The molecule has 0 aromatic carbocycles. The van der Waals surface area contributed by atoms with Crippen molar-refractivity contribution in [1.29, 1.82) is 0 Å². The van der Waals surface area contributed by atoms with Gasteiger partial charge in [-0.3, -0.25) is 0 Å². The number of aliphatic hydroxyl groups excluding tert-OH is 6. The Morgan fingerprint density at radius 3 is 2.39 bits per heavy atom. The van der Waals surface area contributed by atoms with Gasteiger partial charge in [0, 0.05) is 0 Å². The summed E-state index contributed by atoms with van der Waals surface area (Å²) in [7, 11) is 0. The molecule has 1 rings (SSSR count). The normalized spacial score (nSPS) is 43.1. The van der Waals surface area contributed by atoms with E-state index in [2.05, 4.69) is 4.74 Å². The zero-order valence-electron chi connectivity index (χ0n) is 10.2. The first-order chi connectivity index (χ1) is 8.76. The minimum atomic E-state index is -2.82. The average molecular weight is 269 g/mol. The molecule has 0 radical (unpaired) electrons. The predicted molar refractivity (Wildman–Crippen MR) is 53.0 cm³/mol. The lowest BCUT2D eigenvalue weighted by Crippen LogP contribution is -2.59. The van der Waals surface area contributed by atoms with Gasteiger partial charge in [-0.05, 0) is 0 Å². The highest BCUT2D eigenvalue weighted by Gasteiger charge is 2.45. The minimum Gasteiger partial charge on any atom is -0.431 e. The zero-order chi connectivity index (χ0) is 14.8. The van der Waals surface area contributed by atoms with Crippen LogP contribution in [0.5, 0.6) is 0 Å². The topological polar surface area (TPSA) is 157 Å². The number of carbonyl (C=O) groups excluding carboxylic acids is 1. The Labute approximate surface area is 103 Å². The number of ether oxygens (including phenoxy) is 2. The number of hydrogen-bond donors (Lipinski definition) is 6. The summed E-state index contributed by atoms with van der Waals surface area (Å²) < 4.78 is 16.7. The van der Waals surface area contributed by atoms with Crippen LogP contribution in [0, 0.1) is 0 Å². The molecule has 0 aromatic heterocycles. The Hall–Kier alpha value is -0.810. The highest BCUT2D eigenvalue weighted by molar-refractivity contribution is 5.74. The average Bonchev–Trinajstić information content (AvgIpc) is 2.39. The molecule has 6 atom stereocenters. The van der Waals surface area contributed by atoms with Gasteiger partial charge in [0.25, 0.3) is 0 Å². The lowest BCUT2D eigenvalue weighted by atomic mass is 9.99. The molecular formula is C9H16O9. The van der Waals surface area contributed by atoms with Gasteiger partial charge in [-0.25, -0.2) is 4.79 Å². The third-order valence-corrected chi connectivity index (χ3v) is 2.39. The Balaban J connectivity index is 2.86. The van der Waals surface area contributed by atoms with Gasteiger partial charge in [-0.1, -0.05) is 0 Å². The fourth-order valence-electron chi connectivity index (χ4n) is 1.31. The quantitative estimate of drug-likeness (QED) is 0.278. The van der Waals surface area contributed by atoms with Crippen LogP contribution in [0.4, 0.5) is 0 Å². The molecule has 1 aliphatic rings. The van der Waals surface area contributed by atoms with Crippen LogP contribution in [-0.2, 0) is 14.3 Å². The number of carbonyl (C=O) groups is 1. The maximum absolute atomic E-state index is 11.2. The first-order valence-electron chi connectivity index (χ1n) is 5.61. The molecule has 0 spiro atoms. The fourth-order valence-corrected chi connectivity index (χ4v) is 1.31. The van der Waals surface area contributed by atoms with Crippen LogP contribution < -0.4 is 0 Å². The van der Waals surface area contributed by atoms with E-state index in [0.717, 1.165) is 0 Å². The number of aliphatic hydroxyl groups is 6. The largest absolute Gasteiger partial charge is 0.431 e. The Bertz CT molecular complexity index is 325. The summed E-state index contributed by atoms with van der Waals surface area (Å²) in [5.74, 6) is -1.46. The molecule has 1 saturated heterocycles. The number of hydrogen-bond acceptors (Lipinski definition) is 9. The molecule has 0 amide bonds. The zero-order valence-corrected chi connectivity index (χ0v) is 9.21. The summed E-state index contributed by atoms with van der Waals surface area (Å²) in [6.07, 6.45) is -11.9. The maximum atomic E-state index is 11.2. The second kappa shape index (κ2) is 6.38. The van der Waals surface area contributed by atoms with E-state index in [9.17, 15) is 20.1 Å². The van der Waals surface area contributed by atoms with Gasteiger partial charge in [-0.15, -0.1) is 0 Å².